The molecular weight excluding hydrogens is 344 g/mol. The maximum absolute atomic E-state index is 12.5. The van der Waals surface area contributed by atoms with Gasteiger partial charge in [-0.3, -0.25) is 9.78 Å². The van der Waals surface area contributed by atoms with E-state index >= 15 is 0 Å². The zero-order chi connectivity index (χ0) is 17.4. The molecule has 0 saturated carbocycles. The average Bonchev–Trinajstić information content (AvgIpc) is 2.58. The second-order valence-electron chi connectivity index (χ2n) is 4.80. The maximum Gasteiger partial charge on any atom is 0.255 e. The van der Waals surface area contributed by atoms with E-state index in [2.05, 4.69) is 10.3 Å². The van der Waals surface area contributed by atoms with E-state index in [9.17, 15) is 4.79 Å². The molecule has 1 aromatic heterocycles. The number of nitrogens with one attached hydrogen (secondary N) is 1. The highest BCUT2D eigenvalue weighted by Crippen LogP contribution is 2.39. The monoisotopic (exact) mass is 366 g/mol. The van der Waals surface area contributed by atoms with Crippen LogP contribution in [0, 0.1) is 0 Å². The van der Waals surface area contributed by atoms with Gasteiger partial charge in [0.1, 0.15) is 0 Å². The fraction of sp³-hybridized carbons (Fsp3) is 0.333. The summed E-state index contributed by atoms with van der Waals surface area (Å²) in [7, 11) is 0. The second-order valence-corrected chi connectivity index (χ2v) is 4.80. The number of ether oxygens (including phenoxy) is 3. The van der Waals surface area contributed by atoms with Crippen LogP contribution in [0.2, 0.25) is 0 Å². The van der Waals surface area contributed by atoms with Crippen molar-refractivity contribution in [2.75, 3.05) is 25.1 Å². The molecular formula is C18H23ClN2O4. The van der Waals surface area contributed by atoms with Gasteiger partial charge < -0.3 is 19.5 Å². The van der Waals surface area contributed by atoms with Crippen LogP contribution in [0.5, 0.6) is 17.2 Å². The molecule has 1 heterocycles. The Bertz CT molecular complexity index is 653. The Hall–Kier alpha value is -2.47. The number of carbonyl (C=O) groups is 1. The van der Waals surface area contributed by atoms with Crippen molar-refractivity contribution in [2.24, 2.45) is 0 Å². The van der Waals surface area contributed by atoms with Crippen molar-refractivity contribution in [3.63, 3.8) is 0 Å². The first-order valence-electron chi connectivity index (χ1n) is 7.97. The first kappa shape index (κ1) is 20.6. The van der Waals surface area contributed by atoms with Crippen LogP contribution in [-0.4, -0.2) is 30.7 Å². The lowest BCUT2D eigenvalue weighted by molar-refractivity contribution is 0.102. The third kappa shape index (κ3) is 5.53. The van der Waals surface area contributed by atoms with E-state index in [1.54, 1.807) is 36.7 Å². The number of carbonyl (C=O) groups excluding carboxylic acids is 1. The predicted octanol–water partition coefficient (Wildman–Crippen LogP) is 3.95. The van der Waals surface area contributed by atoms with Crippen LogP contribution < -0.4 is 19.5 Å². The molecule has 0 aliphatic rings. The van der Waals surface area contributed by atoms with Crippen molar-refractivity contribution in [3.8, 4) is 17.2 Å². The lowest BCUT2D eigenvalue weighted by atomic mass is 10.1. The molecule has 1 amide bonds. The molecule has 1 N–H and O–H groups in total. The Balaban J connectivity index is 0.00000312. The van der Waals surface area contributed by atoms with Crippen LogP contribution in [0.4, 0.5) is 5.69 Å². The fourth-order valence-electron chi connectivity index (χ4n) is 2.16. The number of nitrogens with zero attached hydrogens (tertiary/aromatic N) is 1. The minimum absolute atomic E-state index is 0. The van der Waals surface area contributed by atoms with E-state index in [1.165, 1.54) is 0 Å². The van der Waals surface area contributed by atoms with Crippen molar-refractivity contribution in [2.45, 2.75) is 20.8 Å². The topological polar surface area (TPSA) is 69.7 Å². The number of amides is 1. The van der Waals surface area contributed by atoms with Gasteiger partial charge in [0.2, 0.25) is 5.75 Å². The quantitative estimate of drug-likeness (QED) is 0.766. The number of rotatable bonds is 8. The largest absolute Gasteiger partial charge is 0.490 e. The molecule has 1 aromatic carbocycles. The van der Waals surface area contributed by atoms with Crippen molar-refractivity contribution < 1.29 is 19.0 Å². The van der Waals surface area contributed by atoms with Gasteiger partial charge in [-0.1, -0.05) is 0 Å². The number of aromatic nitrogens is 1. The van der Waals surface area contributed by atoms with E-state index < -0.39 is 0 Å². The summed E-state index contributed by atoms with van der Waals surface area (Å²) in [4.78, 5) is 16.5. The van der Waals surface area contributed by atoms with E-state index in [0.29, 0.717) is 48.3 Å². The molecule has 136 valence electrons. The van der Waals surface area contributed by atoms with Gasteiger partial charge in [-0.15, -0.1) is 12.4 Å². The lowest BCUT2D eigenvalue weighted by Gasteiger charge is -2.17. The molecule has 0 bridgehead atoms. The van der Waals surface area contributed by atoms with Crippen LogP contribution in [0.1, 0.15) is 31.1 Å². The highest BCUT2D eigenvalue weighted by molar-refractivity contribution is 6.05. The van der Waals surface area contributed by atoms with Crippen LogP contribution in [0.3, 0.4) is 0 Å². The van der Waals surface area contributed by atoms with Crippen LogP contribution in [-0.2, 0) is 0 Å². The highest BCUT2D eigenvalue weighted by Gasteiger charge is 2.18. The molecule has 0 spiro atoms. The minimum atomic E-state index is -0.270. The smallest absolute Gasteiger partial charge is 0.255 e. The minimum Gasteiger partial charge on any atom is -0.490 e. The molecule has 0 fully saturated rings. The number of anilines is 1. The predicted molar refractivity (Wildman–Crippen MR) is 99.4 cm³/mol. The van der Waals surface area contributed by atoms with E-state index in [-0.39, 0.29) is 18.3 Å². The van der Waals surface area contributed by atoms with Crippen molar-refractivity contribution in [1.82, 2.24) is 4.98 Å². The summed E-state index contributed by atoms with van der Waals surface area (Å²) in [6.45, 7) is 7.02. The molecule has 0 saturated heterocycles. The van der Waals surface area contributed by atoms with E-state index in [4.69, 9.17) is 14.2 Å². The van der Waals surface area contributed by atoms with Crippen LogP contribution >= 0.6 is 12.4 Å². The number of hydrogen-bond acceptors (Lipinski definition) is 5. The molecule has 0 radical (unpaired) electrons. The first-order chi connectivity index (χ1) is 11.7. The Morgan fingerprint density at radius 1 is 1.04 bits per heavy atom. The normalized spacial score (nSPS) is 9.72. The standard InChI is InChI=1S/C18H22N2O4.ClH/c1-4-22-15-10-13(11-16(23-5-2)17(15)24-6-3)18(21)20-14-8-7-9-19-12-14;/h7-12H,4-6H2,1-3H3,(H,20,21);1H. The van der Waals surface area contributed by atoms with Gasteiger partial charge in [-0.2, -0.15) is 0 Å². The second kappa shape index (κ2) is 10.4. The summed E-state index contributed by atoms with van der Waals surface area (Å²) >= 11 is 0. The number of benzene rings is 1. The zero-order valence-corrected chi connectivity index (χ0v) is 15.4. The molecule has 25 heavy (non-hydrogen) atoms. The van der Waals surface area contributed by atoms with Gasteiger partial charge in [0.05, 0.1) is 31.7 Å². The summed E-state index contributed by atoms with van der Waals surface area (Å²) in [5.74, 6) is 1.22. The molecule has 6 nitrogen and oxygen atoms in total. The zero-order valence-electron chi connectivity index (χ0n) is 14.6. The first-order valence-corrected chi connectivity index (χ1v) is 7.97. The molecule has 0 atom stereocenters. The molecule has 2 rings (SSSR count). The Kier molecular flexibility index (Phi) is 8.56. The summed E-state index contributed by atoms with van der Waals surface area (Å²) in [5, 5.41) is 2.79. The van der Waals surface area contributed by atoms with E-state index in [0.717, 1.165) is 0 Å². The van der Waals surface area contributed by atoms with Crippen molar-refractivity contribution >= 4 is 24.0 Å². The summed E-state index contributed by atoms with van der Waals surface area (Å²) in [6, 6.07) is 6.84. The number of halogens is 1. The molecule has 0 aliphatic carbocycles. The summed E-state index contributed by atoms with van der Waals surface area (Å²) in [6.07, 6.45) is 3.23. The van der Waals surface area contributed by atoms with Gasteiger partial charge in [-0.05, 0) is 45.0 Å². The van der Waals surface area contributed by atoms with Crippen LogP contribution in [0.25, 0.3) is 0 Å². The van der Waals surface area contributed by atoms with E-state index in [1.807, 2.05) is 20.8 Å². The van der Waals surface area contributed by atoms with Gasteiger partial charge in [0.15, 0.2) is 11.5 Å². The van der Waals surface area contributed by atoms with Gasteiger partial charge in [0.25, 0.3) is 5.91 Å². The van der Waals surface area contributed by atoms with Gasteiger partial charge >= 0.3 is 0 Å². The third-order valence-electron chi connectivity index (χ3n) is 3.09. The summed E-state index contributed by atoms with van der Waals surface area (Å²) < 4.78 is 16.9. The molecule has 2 aromatic rings. The average molecular weight is 367 g/mol. The number of pyridine rings is 1. The van der Waals surface area contributed by atoms with Crippen molar-refractivity contribution in [1.29, 1.82) is 0 Å². The fourth-order valence-corrected chi connectivity index (χ4v) is 2.16. The lowest BCUT2D eigenvalue weighted by Crippen LogP contribution is -2.13. The Labute approximate surface area is 153 Å². The molecule has 0 unspecified atom stereocenters. The maximum atomic E-state index is 12.5. The Morgan fingerprint density at radius 2 is 1.64 bits per heavy atom. The molecule has 0 aliphatic heterocycles. The Morgan fingerprint density at radius 3 is 2.12 bits per heavy atom. The number of hydrogen-bond donors (Lipinski definition) is 1. The van der Waals surface area contributed by atoms with Gasteiger partial charge in [-0.25, -0.2) is 0 Å². The SMILES string of the molecule is CCOc1cc(C(=O)Nc2cccnc2)cc(OCC)c1OCC.Cl. The molecule has 7 heteroatoms. The van der Waals surface area contributed by atoms with Crippen LogP contribution in [0.15, 0.2) is 36.7 Å². The third-order valence-corrected chi connectivity index (χ3v) is 3.09. The summed E-state index contributed by atoms with van der Waals surface area (Å²) in [5.41, 5.74) is 1.04. The highest BCUT2D eigenvalue weighted by atomic mass is 35.5. The van der Waals surface area contributed by atoms with Crippen molar-refractivity contribution in [3.05, 3.63) is 42.2 Å². The van der Waals surface area contributed by atoms with Gasteiger partial charge in [0, 0.05) is 11.8 Å².